The summed E-state index contributed by atoms with van der Waals surface area (Å²) in [6.45, 7) is 2.01. The van der Waals surface area contributed by atoms with E-state index in [9.17, 15) is 4.79 Å². The molecule has 1 heterocycles. The predicted molar refractivity (Wildman–Crippen MR) is 102 cm³/mol. The van der Waals surface area contributed by atoms with Crippen molar-refractivity contribution in [1.82, 2.24) is 15.2 Å². The standard InChI is InChI=1S/C17H14Cl2N4OS/c1-10-5-2-3-6-11(10)16-21-17(23-22-16)25-9-14(24)20-13-8-4-7-12(18)15(13)19/h2-8H,9H2,1H3,(H,20,24)(H,21,22,23). The molecule has 0 aliphatic heterocycles. The van der Waals surface area contributed by atoms with Crippen molar-refractivity contribution in [3.63, 3.8) is 0 Å². The first-order valence-corrected chi connectivity index (χ1v) is 9.14. The lowest BCUT2D eigenvalue weighted by Gasteiger charge is -2.07. The maximum absolute atomic E-state index is 12.1. The van der Waals surface area contributed by atoms with Gasteiger partial charge in [0.1, 0.15) is 0 Å². The first-order chi connectivity index (χ1) is 12.0. The number of nitrogens with one attached hydrogen (secondary N) is 2. The molecule has 2 N–H and O–H groups in total. The highest BCUT2D eigenvalue weighted by atomic mass is 35.5. The van der Waals surface area contributed by atoms with Gasteiger partial charge in [0.15, 0.2) is 5.82 Å². The van der Waals surface area contributed by atoms with Crippen LogP contribution < -0.4 is 5.32 Å². The van der Waals surface area contributed by atoms with Crippen molar-refractivity contribution in [3.05, 3.63) is 58.1 Å². The number of aromatic nitrogens is 3. The minimum absolute atomic E-state index is 0.161. The summed E-state index contributed by atoms with van der Waals surface area (Å²) >= 11 is 13.2. The average Bonchev–Trinajstić information content (AvgIpc) is 3.06. The van der Waals surface area contributed by atoms with E-state index >= 15 is 0 Å². The van der Waals surface area contributed by atoms with E-state index in [1.807, 2.05) is 31.2 Å². The molecule has 8 heteroatoms. The highest BCUT2D eigenvalue weighted by molar-refractivity contribution is 7.99. The van der Waals surface area contributed by atoms with Crippen LogP contribution in [0.15, 0.2) is 47.6 Å². The lowest BCUT2D eigenvalue weighted by molar-refractivity contribution is -0.113. The highest BCUT2D eigenvalue weighted by Gasteiger charge is 2.12. The Balaban J connectivity index is 1.62. The van der Waals surface area contributed by atoms with E-state index in [4.69, 9.17) is 23.2 Å². The largest absolute Gasteiger partial charge is 0.324 e. The van der Waals surface area contributed by atoms with Crippen LogP contribution in [-0.4, -0.2) is 26.8 Å². The minimum Gasteiger partial charge on any atom is -0.324 e. The van der Waals surface area contributed by atoms with Crippen LogP contribution >= 0.6 is 35.0 Å². The molecule has 3 aromatic rings. The Bertz CT molecular complexity index is 913. The second-order valence-corrected chi connectivity index (χ2v) is 6.95. The zero-order valence-electron chi connectivity index (χ0n) is 13.2. The summed E-state index contributed by atoms with van der Waals surface area (Å²) in [5.74, 6) is 0.628. The second kappa shape index (κ2) is 7.91. The van der Waals surface area contributed by atoms with Crippen LogP contribution in [0.25, 0.3) is 11.4 Å². The molecule has 0 atom stereocenters. The van der Waals surface area contributed by atoms with Crippen molar-refractivity contribution < 1.29 is 4.79 Å². The summed E-state index contributed by atoms with van der Waals surface area (Å²) in [5.41, 5.74) is 2.57. The second-order valence-electron chi connectivity index (χ2n) is 5.22. The molecule has 0 spiro atoms. The number of H-pyrrole nitrogens is 1. The molecule has 0 unspecified atom stereocenters. The number of thioether (sulfide) groups is 1. The number of carbonyl (C=O) groups is 1. The number of rotatable bonds is 5. The first kappa shape index (κ1) is 17.8. The van der Waals surface area contributed by atoms with E-state index in [-0.39, 0.29) is 11.7 Å². The summed E-state index contributed by atoms with van der Waals surface area (Å²) in [4.78, 5) is 16.5. The highest BCUT2D eigenvalue weighted by Crippen LogP contribution is 2.29. The normalized spacial score (nSPS) is 10.7. The zero-order valence-corrected chi connectivity index (χ0v) is 15.5. The molecule has 0 radical (unpaired) electrons. The van der Waals surface area contributed by atoms with Crippen molar-refractivity contribution in [2.45, 2.75) is 12.1 Å². The van der Waals surface area contributed by atoms with Gasteiger partial charge in [-0.1, -0.05) is 65.3 Å². The van der Waals surface area contributed by atoms with E-state index < -0.39 is 0 Å². The van der Waals surface area contributed by atoms with Gasteiger partial charge in [-0.05, 0) is 24.6 Å². The van der Waals surface area contributed by atoms with Gasteiger partial charge in [0.05, 0.1) is 21.5 Å². The van der Waals surface area contributed by atoms with Crippen LogP contribution in [0.2, 0.25) is 10.0 Å². The molecule has 0 saturated carbocycles. The smallest absolute Gasteiger partial charge is 0.234 e. The number of aryl methyl sites for hydroxylation is 1. The Morgan fingerprint density at radius 3 is 2.80 bits per heavy atom. The van der Waals surface area contributed by atoms with E-state index in [0.717, 1.165) is 11.1 Å². The van der Waals surface area contributed by atoms with E-state index in [1.54, 1.807) is 18.2 Å². The third-order valence-corrected chi connectivity index (χ3v) is 5.09. The molecular weight excluding hydrogens is 379 g/mol. The molecule has 3 rings (SSSR count). The van der Waals surface area contributed by atoms with Crippen LogP contribution in [0.1, 0.15) is 5.56 Å². The third kappa shape index (κ3) is 4.34. The topological polar surface area (TPSA) is 70.7 Å². The third-order valence-electron chi connectivity index (χ3n) is 3.42. The molecule has 0 fully saturated rings. The number of anilines is 1. The predicted octanol–water partition coefficient (Wildman–Crippen LogP) is 4.82. The average molecular weight is 393 g/mol. The maximum Gasteiger partial charge on any atom is 0.234 e. The Hall–Kier alpha value is -2.02. The van der Waals surface area contributed by atoms with Gasteiger partial charge >= 0.3 is 0 Å². The van der Waals surface area contributed by atoms with Gasteiger partial charge in [-0.25, -0.2) is 4.98 Å². The van der Waals surface area contributed by atoms with E-state index in [0.29, 0.717) is 26.7 Å². The van der Waals surface area contributed by atoms with Crippen molar-refractivity contribution >= 4 is 46.6 Å². The summed E-state index contributed by atoms with van der Waals surface area (Å²) in [5, 5.41) is 11.0. The van der Waals surface area contributed by atoms with E-state index in [1.165, 1.54) is 11.8 Å². The number of halogens is 2. The molecule has 0 aliphatic rings. The van der Waals surface area contributed by atoms with E-state index in [2.05, 4.69) is 20.5 Å². The fourth-order valence-corrected chi connectivity index (χ4v) is 3.13. The zero-order chi connectivity index (χ0) is 17.8. The number of hydrogen-bond acceptors (Lipinski definition) is 4. The number of benzene rings is 2. The fraction of sp³-hybridized carbons (Fsp3) is 0.118. The number of aromatic amines is 1. The number of amides is 1. The van der Waals surface area contributed by atoms with Crippen molar-refractivity contribution in [3.8, 4) is 11.4 Å². The molecule has 5 nitrogen and oxygen atoms in total. The van der Waals surface area contributed by atoms with Gasteiger partial charge in [-0.2, -0.15) is 0 Å². The first-order valence-electron chi connectivity index (χ1n) is 7.39. The van der Waals surface area contributed by atoms with Gasteiger partial charge in [0, 0.05) is 5.56 Å². The van der Waals surface area contributed by atoms with Gasteiger partial charge in [-0.15, -0.1) is 5.10 Å². The lowest BCUT2D eigenvalue weighted by atomic mass is 10.1. The van der Waals surface area contributed by atoms with Gasteiger partial charge in [-0.3, -0.25) is 9.89 Å². The molecule has 1 aromatic heterocycles. The van der Waals surface area contributed by atoms with Gasteiger partial charge in [0.25, 0.3) is 0 Å². The van der Waals surface area contributed by atoms with Gasteiger partial charge < -0.3 is 5.32 Å². The fourth-order valence-electron chi connectivity index (χ4n) is 2.19. The monoisotopic (exact) mass is 392 g/mol. The van der Waals surface area contributed by atoms with Crippen LogP contribution in [0.4, 0.5) is 5.69 Å². The Morgan fingerprint density at radius 2 is 2.00 bits per heavy atom. The number of carbonyl (C=O) groups excluding carboxylic acids is 1. The van der Waals surface area contributed by atoms with Gasteiger partial charge in [0.2, 0.25) is 11.1 Å². The van der Waals surface area contributed by atoms with Crippen LogP contribution in [0, 0.1) is 6.92 Å². The lowest BCUT2D eigenvalue weighted by Crippen LogP contribution is -2.14. The Morgan fingerprint density at radius 1 is 1.20 bits per heavy atom. The summed E-state index contributed by atoms with van der Waals surface area (Å²) in [7, 11) is 0. The van der Waals surface area contributed by atoms with Crippen molar-refractivity contribution in [2.24, 2.45) is 0 Å². The molecule has 128 valence electrons. The minimum atomic E-state index is -0.212. The maximum atomic E-state index is 12.1. The van der Waals surface area contributed by atoms with Crippen LogP contribution in [-0.2, 0) is 4.79 Å². The van der Waals surface area contributed by atoms with Crippen molar-refractivity contribution in [2.75, 3.05) is 11.1 Å². The Kier molecular flexibility index (Phi) is 5.63. The quantitative estimate of drug-likeness (QED) is 0.610. The van der Waals surface area contributed by atoms with Crippen LogP contribution in [0.3, 0.4) is 0 Å². The summed E-state index contributed by atoms with van der Waals surface area (Å²) in [6, 6.07) is 13.0. The van der Waals surface area contributed by atoms with Crippen LogP contribution in [0.5, 0.6) is 0 Å². The molecule has 25 heavy (non-hydrogen) atoms. The number of hydrogen-bond donors (Lipinski definition) is 2. The summed E-state index contributed by atoms with van der Waals surface area (Å²) < 4.78 is 0. The molecule has 1 amide bonds. The molecule has 0 aliphatic carbocycles. The summed E-state index contributed by atoms with van der Waals surface area (Å²) in [6.07, 6.45) is 0. The SMILES string of the molecule is Cc1ccccc1-c1nc(SCC(=O)Nc2cccc(Cl)c2Cl)n[nH]1. The number of nitrogens with zero attached hydrogens (tertiary/aromatic N) is 2. The molecular formula is C17H14Cl2N4OS. The molecule has 0 bridgehead atoms. The molecule has 2 aromatic carbocycles. The Labute approximate surface area is 159 Å². The van der Waals surface area contributed by atoms with Crippen molar-refractivity contribution in [1.29, 1.82) is 0 Å². The molecule has 0 saturated heterocycles.